The Hall–Kier alpha value is -0.590. The van der Waals surface area contributed by atoms with E-state index in [0.29, 0.717) is 30.3 Å². The van der Waals surface area contributed by atoms with Crippen molar-refractivity contribution in [3.8, 4) is 5.75 Å². The Morgan fingerprint density at radius 2 is 1.95 bits per heavy atom. The fraction of sp³-hybridized carbons (Fsp3) is 0.600. The van der Waals surface area contributed by atoms with Crippen molar-refractivity contribution < 1.29 is 13.2 Å². The number of benzene rings is 1. The van der Waals surface area contributed by atoms with Crippen LogP contribution in [-0.4, -0.2) is 32.4 Å². The molecule has 1 aromatic rings. The molecule has 4 nitrogen and oxygen atoms in total. The number of halogens is 1. The highest BCUT2D eigenvalue weighted by atomic mass is 79.9. The number of unbranched alkanes of at least 4 members (excludes halogenated alkanes) is 1. The number of hydrogen-bond acceptors (Lipinski definition) is 3. The largest absolute Gasteiger partial charge is 0.492 e. The number of sulfonamides is 1. The minimum Gasteiger partial charge on any atom is -0.492 e. The van der Waals surface area contributed by atoms with E-state index in [9.17, 15) is 8.42 Å². The monoisotopic (exact) mass is 375 g/mol. The fourth-order valence-corrected chi connectivity index (χ4v) is 4.23. The summed E-state index contributed by atoms with van der Waals surface area (Å²) in [5.41, 5.74) is 0. The predicted molar refractivity (Wildman–Crippen MR) is 87.2 cm³/mol. The van der Waals surface area contributed by atoms with Gasteiger partial charge in [0, 0.05) is 19.2 Å². The van der Waals surface area contributed by atoms with Crippen LogP contribution < -0.4 is 4.74 Å². The Kier molecular flexibility index (Phi) is 6.08. The molecule has 21 heavy (non-hydrogen) atoms. The molecule has 1 aromatic carbocycles. The highest BCUT2D eigenvalue weighted by molar-refractivity contribution is 9.10. The maximum atomic E-state index is 12.6. The van der Waals surface area contributed by atoms with E-state index in [0.717, 1.165) is 36.6 Å². The molecule has 0 atom stereocenters. The molecule has 1 aliphatic rings. The van der Waals surface area contributed by atoms with Crippen LogP contribution in [0.4, 0.5) is 0 Å². The second-order valence-electron chi connectivity index (χ2n) is 5.26. The van der Waals surface area contributed by atoms with Gasteiger partial charge in [0.15, 0.2) is 0 Å². The van der Waals surface area contributed by atoms with Crippen LogP contribution in [-0.2, 0) is 10.0 Å². The van der Waals surface area contributed by atoms with Crippen LogP contribution in [0.3, 0.4) is 0 Å². The lowest BCUT2D eigenvalue weighted by atomic mass is 10.2. The molecule has 6 heteroatoms. The number of ether oxygens (including phenoxy) is 1. The first-order valence-electron chi connectivity index (χ1n) is 7.48. The van der Waals surface area contributed by atoms with Crippen molar-refractivity contribution in [1.82, 2.24) is 4.31 Å². The molecular formula is C15H22BrNO3S. The van der Waals surface area contributed by atoms with Crippen molar-refractivity contribution in [3.05, 3.63) is 22.7 Å². The SMILES string of the molecule is CCCCOc1cc(S(=O)(=O)N2CCCCC2)ccc1Br. The predicted octanol–water partition coefficient (Wildman–Crippen LogP) is 3.80. The summed E-state index contributed by atoms with van der Waals surface area (Å²) in [5.74, 6) is 0.599. The second-order valence-corrected chi connectivity index (χ2v) is 8.05. The zero-order chi connectivity index (χ0) is 15.3. The zero-order valence-corrected chi connectivity index (χ0v) is 14.7. The summed E-state index contributed by atoms with van der Waals surface area (Å²) in [6.07, 6.45) is 4.99. The van der Waals surface area contributed by atoms with Gasteiger partial charge in [-0.2, -0.15) is 4.31 Å². The molecule has 0 saturated carbocycles. The van der Waals surface area contributed by atoms with Crippen LogP contribution in [0, 0.1) is 0 Å². The Morgan fingerprint density at radius 1 is 1.24 bits per heavy atom. The lowest BCUT2D eigenvalue weighted by Gasteiger charge is -2.26. The van der Waals surface area contributed by atoms with Crippen molar-refractivity contribution >= 4 is 26.0 Å². The third-order valence-electron chi connectivity index (χ3n) is 3.61. The molecular weight excluding hydrogens is 354 g/mol. The van der Waals surface area contributed by atoms with Gasteiger partial charge in [-0.1, -0.05) is 19.8 Å². The van der Waals surface area contributed by atoms with Crippen LogP contribution in [0.5, 0.6) is 5.75 Å². The molecule has 0 bridgehead atoms. The Bertz CT molecular complexity index is 568. The van der Waals surface area contributed by atoms with E-state index in [-0.39, 0.29) is 0 Å². The highest BCUT2D eigenvalue weighted by Crippen LogP contribution is 2.30. The third-order valence-corrected chi connectivity index (χ3v) is 6.16. The quantitative estimate of drug-likeness (QED) is 0.710. The van der Waals surface area contributed by atoms with Gasteiger partial charge < -0.3 is 4.74 Å². The summed E-state index contributed by atoms with van der Waals surface area (Å²) in [7, 11) is -3.40. The van der Waals surface area contributed by atoms with Crippen LogP contribution in [0.2, 0.25) is 0 Å². The topological polar surface area (TPSA) is 46.6 Å². The highest BCUT2D eigenvalue weighted by Gasteiger charge is 2.26. The van der Waals surface area contributed by atoms with Gasteiger partial charge in [-0.05, 0) is 47.3 Å². The first-order chi connectivity index (χ1) is 10.1. The van der Waals surface area contributed by atoms with Gasteiger partial charge in [-0.3, -0.25) is 0 Å². The van der Waals surface area contributed by atoms with E-state index in [1.54, 1.807) is 22.5 Å². The van der Waals surface area contributed by atoms with Crippen molar-refractivity contribution in [3.63, 3.8) is 0 Å². The van der Waals surface area contributed by atoms with Crippen LogP contribution in [0.1, 0.15) is 39.0 Å². The van der Waals surface area contributed by atoms with E-state index < -0.39 is 10.0 Å². The minimum atomic E-state index is -3.40. The first-order valence-corrected chi connectivity index (χ1v) is 9.71. The van der Waals surface area contributed by atoms with Crippen molar-refractivity contribution in [2.24, 2.45) is 0 Å². The van der Waals surface area contributed by atoms with E-state index >= 15 is 0 Å². The number of hydrogen-bond donors (Lipinski definition) is 0. The molecule has 0 radical (unpaired) electrons. The number of nitrogens with zero attached hydrogens (tertiary/aromatic N) is 1. The van der Waals surface area contributed by atoms with Crippen molar-refractivity contribution in [1.29, 1.82) is 0 Å². The summed E-state index contributed by atoms with van der Waals surface area (Å²) >= 11 is 3.41. The van der Waals surface area contributed by atoms with Gasteiger partial charge in [-0.25, -0.2) is 8.42 Å². The Morgan fingerprint density at radius 3 is 2.62 bits per heavy atom. The molecule has 1 heterocycles. The van der Waals surface area contributed by atoms with Crippen LogP contribution in [0.25, 0.3) is 0 Å². The van der Waals surface area contributed by atoms with E-state index in [1.807, 2.05) is 0 Å². The maximum absolute atomic E-state index is 12.6. The van der Waals surface area contributed by atoms with Crippen molar-refractivity contribution in [2.75, 3.05) is 19.7 Å². The average Bonchev–Trinajstić information content (AvgIpc) is 2.50. The molecule has 1 fully saturated rings. The molecule has 0 amide bonds. The molecule has 0 unspecified atom stereocenters. The lowest BCUT2D eigenvalue weighted by Crippen LogP contribution is -2.35. The molecule has 0 spiro atoms. The molecule has 118 valence electrons. The van der Waals surface area contributed by atoms with E-state index in [4.69, 9.17) is 4.74 Å². The van der Waals surface area contributed by atoms with Gasteiger partial charge in [0.25, 0.3) is 0 Å². The minimum absolute atomic E-state index is 0.319. The first kappa shape index (κ1) is 16.8. The number of rotatable bonds is 6. The lowest BCUT2D eigenvalue weighted by molar-refractivity contribution is 0.306. The van der Waals surface area contributed by atoms with Gasteiger partial charge in [0.1, 0.15) is 5.75 Å². The van der Waals surface area contributed by atoms with Gasteiger partial charge in [0.05, 0.1) is 16.0 Å². The maximum Gasteiger partial charge on any atom is 0.243 e. The zero-order valence-electron chi connectivity index (χ0n) is 12.3. The Balaban J connectivity index is 2.20. The summed E-state index contributed by atoms with van der Waals surface area (Å²) in [5, 5.41) is 0. The van der Waals surface area contributed by atoms with Crippen molar-refractivity contribution in [2.45, 2.75) is 43.9 Å². The standard InChI is InChI=1S/C15H22BrNO3S/c1-2-3-11-20-15-12-13(7-8-14(15)16)21(18,19)17-9-5-4-6-10-17/h7-8,12H,2-6,9-11H2,1H3. The summed E-state index contributed by atoms with van der Waals surface area (Å²) in [4.78, 5) is 0.319. The summed E-state index contributed by atoms with van der Waals surface area (Å²) < 4.78 is 33.3. The molecule has 1 aliphatic heterocycles. The van der Waals surface area contributed by atoms with Crippen LogP contribution in [0.15, 0.2) is 27.6 Å². The molecule has 0 aromatic heterocycles. The fourth-order valence-electron chi connectivity index (χ4n) is 2.34. The molecule has 0 aliphatic carbocycles. The second kappa shape index (κ2) is 7.61. The Labute approximate surface area is 135 Å². The van der Waals surface area contributed by atoms with Crippen LogP contribution >= 0.6 is 15.9 Å². The molecule has 0 N–H and O–H groups in total. The molecule has 2 rings (SSSR count). The molecule has 1 saturated heterocycles. The normalized spacial score (nSPS) is 16.9. The summed E-state index contributed by atoms with van der Waals surface area (Å²) in [6, 6.07) is 5.02. The number of piperidine rings is 1. The van der Waals surface area contributed by atoms with E-state index in [1.165, 1.54) is 0 Å². The van der Waals surface area contributed by atoms with Gasteiger partial charge in [0.2, 0.25) is 10.0 Å². The smallest absolute Gasteiger partial charge is 0.243 e. The van der Waals surface area contributed by atoms with E-state index in [2.05, 4.69) is 22.9 Å². The van der Waals surface area contributed by atoms with Gasteiger partial charge >= 0.3 is 0 Å². The van der Waals surface area contributed by atoms with Gasteiger partial charge in [-0.15, -0.1) is 0 Å². The average molecular weight is 376 g/mol. The summed E-state index contributed by atoms with van der Waals surface area (Å²) in [6.45, 7) is 3.92. The third kappa shape index (κ3) is 4.20.